The molecule has 0 fully saturated rings. The third-order valence-electron chi connectivity index (χ3n) is 7.04. The first-order valence-electron chi connectivity index (χ1n) is 12.4. The van der Waals surface area contributed by atoms with Gasteiger partial charge in [0.05, 0.1) is 5.60 Å². The van der Waals surface area contributed by atoms with Gasteiger partial charge in [0.25, 0.3) is 0 Å². The lowest BCUT2D eigenvalue weighted by Gasteiger charge is -2.51. The van der Waals surface area contributed by atoms with Gasteiger partial charge in [0.2, 0.25) is 0 Å². The van der Waals surface area contributed by atoms with Gasteiger partial charge in [0.1, 0.15) is 8.24 Å². The van der Waals surface area contributed by atoms with Crippen molar-refractivity contribution in [2.45, 2.75) is 124 Å². The maximum atomic E-state index is 5.92. The second-order valence-corrected chi connectivity index (χ2v) is 17.4. The zero-order valence-corrected chi connectivity index (χ0v) is 24.2. The van der Waals surface area contributed by atoms with Crippen LogP contribution in [0, 0.1) is 6.92 Å². The summed E-state index contributed by atoms with van der Waals surface area (Å²) in [4.78, 5) is 3.04. The Balaban J connectivity index is 2.20. The van der Waals surface area contributed by atoms with Crippen molar-refractivity contribution in [3.05, 3.63) is 27.0 Å². The Morgan fingerprint density at radius 3 is 2.16 bits per heavy atom. The molecule has 0 N–H and O–H groups in total. The van der Waals surface area contributed by atoms with Crippen molar-refractivity contribution in [3.63, 3.8) is 0 Å². The number of hydrogen-bond donors (Lipinski definition) is 0. The summed E-state index contributed by atoms with van der Waals surface area (Å²) in [6.07, 6.45) is 5.12. The van der Waals surface area contributed by atoms with Crippen molar-refractivity contribution < 1.29 is 4.74 Å². The highest BCUT2D eigenvalue weighted by Gasteiger charge is 2.49. The summed E-state index contributed by atoms with van der Waals surface area (Å²) in [7, 11) is -1.77. The average molecular weight is 464 g/mol. The minimum atomic E-state index is -1.77. The molecule has 0 aliphatic heterocycles. The van der Waals surface area contributed by atoms with E-state index in [4.69, 9.17) is 4.74 Å². The lowest BCUT2D eigenvalue weighted by atomic mass is 10.1. The molecule has 1 aromatic rings. The molecule has 0 saturated heterocycles. The first-order valence-corrected chi connectivity index (χ1v) is 16.0. The Morgan fingerprint density at radius 2 is 1.61 bits per heavy atom. The van der Waals surface area contributed by atoms with Crippen molar-refractivity contribution in [2.24, 2.45) is 0 Å². The molecule has 2 nitrogen and oxygen atoms in total. The number of nitrogens with zero attached hydrogens (tertiary/aromatic N) is 1. The van der Waals surface area contributed by atoms with Crippen LogP contribution in [0.5, 0.6) is 0 Å². The van der Waals surface area contributed by atoms with E-state index in [1.54, 1.807) is 21.6 Å². The van der Waals surface area contributed by atoms with Gasteiger partial charge in [-0.15, -0.1) is 11.3 Å². The van der Waals surface area contributed by atoms with E-state index < -0.39 is 8.24 Å². The van der Waals surface area contributed by atoms with E-state index in [0.29, 0.717) is 5.54 Å². The Kier molecular flexibility index (Phi) is 8.86. The van der Waals surface area contributed by atoms with Gasteiger partial charge in [-0.05, 0) is 98.5 Å². The lowest BCUT2D eigenvalue weighted by molar-refractivity contribution is -0.00471. The van der Waals surface area contributed by atoms with Crippen LogP contribution in [0.4, 0.5) is 0 Å². The Labute approximate surface area is 198 Å². The van der Waals surface area contributed by atoms with Gasteiger partial charge in [0, 0.05) is 27.4 Å². The molecule has 4 heteroatoms. The number of fused-ring (bicyclic) bond motifs is 1. The number of ether oxygens (including phenoxy) is 1. The second kappa shape index (κ2) is 10.2. The third-order valence-corrected chi connectivity index (χ3v) is 13.8. The predicted octanol–water partition coefficient (Wildman–Crippen LogP) is 8.56. The number of hydrogen-bond acceptors (Lipinski definition) is 3. The number of thiophene rings is 1. The maximum absolute atomic E-state index is 5.92. The van der Waals surface area contributed by atoms with Crippen LogP contribution in [0.1, 0.15) is 109 Å². The van der Waals surface area contributed by atoms with Gasteiger partial charge in [0.15, 0.2) is 0 Å². The monoisotopic (exact) mass is 463 g/mol. The molecule has 1 heterocycles. The van der Waals surface area contributed by atoms with E-state index in [2.05, 4.69) is 86.4 Å². The topological polar surface area (TPSA) is 12.5 Å². The fourth-order valence-electron chi connectivity index (χ4n) is 5.83. The number of unbranched alkanes of at least 4 members (excludes halogenated alkanes) is 3. The van der Waals surface area contributed by atoms with Crippen LogP contribution in [0.2, 0.25) is 12.6 Å². The summed E-state index contributed by atoms with van der Waals surface area (Å²) in [6.45, 7) is 27.9. The summed E-state index contributed by atoms with van der Waals surface area (Å²) in [6, 6.07) is 3.89. The smallest absolute Gasteiger partial charge is 0.137 e. The Bertz CT molecular complexity index is 767. The summed E-state index contributed by atoms with van der Waals surface area (Å²) >= 11 is 2.01. The standard InChI is InChI=1S/C27H49NOSSi/c1-12-28(26(5,6)7)31(11,18-16-14-13-15-17-29-27(8,9)10)25-22(4)21(3)24-23(25)19-20(2)30-24/h19,25H,12-18H2,1-11H3. The molecule has 0 saturated carbocycles. The van der Waals surface area contributed by atoms with Crippen molar-refractivity contribution in [1.29, 1.82) is 0 Å². The molecule has 2 unspecified atom stereocenters. The van der Waals surface area contributed by atoms with Crippen LogP contribution in [0.3, 0.4) is 0 Å². The Hall–Kier alpha value is -0.423. The summed E-state index contributed by atoms with van der Waals surface area (Å²) in [5.74, 6) is 0. The lowest BCUT2D eigenvalue weighted by Crippen LogP contribution is -2.62. The SMILES string of the molecule is CCN(C(C)(C)C)[Si](C)(CCCCCCOC(C)(C)C)C1C(C)=C(C)c2sc(C)cc21. The minimum Gasteiger partial charge on any atom is -0.376 e. The van der Waals surface area contributed by atoms with Gasteiger partial charge in [-0.2, -0.15) is 0 Å². The number of allylic oxidation sites excluding steroid dienone is 2. The van der Waals surface area contributed by atoms with Gasteiger partial charge in [-0.1, -0.05) is 38.3 Å². The quantitative estimate of drug-likeness (QED) is 0.254. The zero-order valence-electron chi connectivity index (χ0n) is 22.4. The van der Waals surface area contributed by atoms with E-state index in [9.17, 15) is 0 Å². The molecule has 178 valence electrons. The molecule has 31 heavy (non-hydrogen) atoms. The molecule has 2 rings (SSSR count). The van der Waals surface area contributed by atoms with Gasteiger partial charge in [-0.3, -0.25) is 0 Å². The molecule has 0 bridgehead atoms. The van der Waals surface area contributed by atoms with Crippen molar-refractivity contribution in [2.75, 3.05) is 13.2 Å². The van der Waals surface area contributed by atoms with E-state index in [0.717, 1.165) is 13.2 Å². The third kappa shape index (κ3) is 6.34. The van der Waals surface area contributed by atoms with Gasteiger partial charge >= 0.3 is 0 Å². The summed E-state index contributed by atoms with van der Waals surface area (Å²) < 4.78 is 8.84. The highest BCUT2D eigenvalue weighted by Crippen LogP contribution is 2.52. The van der Waals surface area contributed by atoms with Crippen LogP contribution in [0.15, 0.2) is 11.6 Å². The summed E-state index contributed by atoms with van der Waals surface area (Å²) in [5, 5.41) is 0. The van der Waals surface area contributed by atoms with Gasteiger partial charge < -0.3 is 9.30 Å². The van der Waals surface area contributed by atoms with Crippen molar-refractivity contribution in [3.8, 4) is 0 Å². The molecule has 1 aromatic heterocycles. The largest absolute Gasteiger partial charge is 0.376 e. The number of aryl methyl sites for hydroxylation is 1. The second-order valence-electron chi connectivity index (χ2n) is 11.8. The highest BCUT2D eigenvalue weighted by molar-refractivity contribution is 7.13. The number of rotatable bonds is 10. The maximum Gasteiger partial charge on any atom is 0.137 e. The first-order chi connectivity index (χ1) is 14.2. The van der Waals surface area contributed by atoms with E-state index >= 15 is 0 Å². The van der Waals surface area contributed by atoms with E-state index in [1.807, 2.05) is 11.3 Å². The molecule has 0 spiro atoms. The predicted molar refractivity (Wildman–Crippen MR) is 143 cm³/mol. The zero-order chi connectivity index (χ0) is 23.6. The van der Waals surface area contributed by atoms with Crippen LogP contribution in [0.25, 0.3) is 5.57 Å². The summed E-state index contributed by atoms with van der Waals surface area (Å²) in [5.41, 5.74) is 5.68. The fourth-order valence-corrected chi connectivity index (χ4v) is 13.2. The Morgan fingerprint density at radius 1 is 1.00 bits per heavy atom. The molecular formula is C27H49NOSSi. The first kappa shape index (κ1) is 26.8. The van der Waals surface area contributed by atoms with Crippen LogP contribution < -0.4 is 0 Å². The molecular weight excluding hydrogens is 414 g/mol. The van der Waals surface area contributed by atoms with Crippen LogP contribution in [-0.2, 0) is 4.74 Å². The fraction of sp³-hybridized carbons (Fsp3) is 0.778. The molecule has 0 amide bonds. The molecule has 0 radical (unpaired) electrons. The normalized spacial score (nSPS) is 19.3. The average Bonchev–Trinajstić information content (AvgIpc) is 3.09. The highest BCUT2D eigenvalue weighted by atomic mass is 32.1. The van der Waals surface area contributed by atoms with Gasteiger partial charge in [-0.25, -0.2) is 0 Å². The van der Waals surface area contributed by atoms with Crippen LogP contribution >= 0.6 is 11.3 Å². The van der Waals surface area contributed by atoms with Crippen molar-refractivity contribution >= 4 is 25.1 Å². The van der Waals surface area contributed by atoms with Crippen LogP contribution in [-0.4, -0.2) is 37.1 Å². The van der Waals surface area contributed by atoms with E-state index in [1.165, 1.54) is 36.6 Å². The minimum absolute atomic E-state index is 0.0135. The molecule has 1 aliphatic carbocycles. The molecule has 1 aliphatic rings. The molecule has 0 aromatic carbocycles. The van der Waals surface area contributed by atoms with Crippen molar-refractivity contribution in [1.82, 2.24) is 4.57 Å². The molecule has 2 atom stereocenters. The van der Waals surface area contributed by atoms with E-state index in [-0.39, 0.29) is 11.1 Å².